The highest BCUT2D eigenvalue weighted by molar-refractivity contribution is 9.10. The average Bonchev–Trinajstić information content (AvgIpc) is 2.33. The molecule has 1 heterocycles. The number of hydrogen-bond acceptors (Lipinski definition) is 2. The van der Waals surface area contributed by atoms with Gasteiger partial charge in [0.05, 0.1) is 25.8 Å². The van der Waals surface area contributed by atoms with Crippen molar-refractivity contribution in [2.75, 3.05) is 5.32 Å². The van der Waals surface area contributed by atoms with E-state index in [-0.39, 0.29) is 5.02 Å². The Balaban J connectivity index is 2.30. The van der Waals surface area contributed by atoms with Crippen molar-refractivity contribution in [3.63, 3.8) is 0 Å². The van der Waals surface area contributed by atoms with Crippen molar-refractivity contribution in [2.24, 2.45) is 0 Å². The van der Waals surface area contributed by atoms with E-state index in [0.717, 1.165) is 12.1 Å². The monoisotopic (exact) mass is 384 g/mol. The van der Waals surface area contributed by atoms with Gasteiger partial charge in [-0.1, -0.05) is 23.2 Å². The number of aromatic nitrogens is 1. The number of anilines is 2. The molecule has 0 saturated carbocycles. The predicted octanol–water partition coefficient (Wildman–Crippen LogP) is 5.91. The smallest absolute Gasteiger partial charge is 0.338 e. The molecule has 8 heteroatoms. The van der Waals surface area contributed by atoms with Crippen LogP contribution in [0.25, 0.3) is 0 Å². The van der Waals surface area contributed by atoms with Crippen molar-refractivity contribution < 1.29 is 13.2 Å². The number of hydrogen-bond donors (Lipinski definition) is 1. The van der Waals surface area contributed by atoms with Crippen molar-refractivity contribution in [3.05, 3.63) is 50.5 Å². The highest BCUT2D eigenvalue weighted by Crippen LogP contribution is 2.35. The summed E-state index contributed by atoms with van der Waals surface area (Å²) in [6.45, 7) is 0. The summed E-state index contributed by atoms with van der Waals surface area (Å²) in [6, 6.07) is 4.65. The van der Waals surface area contributed by atoms with Crippen LogP contribution in [0.3, 0.4) is 0 Å². The molecule has 1 aromatic carbocycles. The third-order valence-corrected chi connectivity index (χ3v) is 3.48. The molecule has 0 amide bonds. The van der Waals surface area contributed by atoms with Gasteiger partial charge < -0.3 is 5.32 Å². The first-order valence-corrected chi connectivity index (χ1v) is 6.77. The van der Waals surface area contributed by atoms with Crippen LogP contribution in [0.15, 0.2) is 34.9 Å². The van der Waals surface area contributed by atoms with Gasteiger partial charge in [0.1, 0.15) is 5.82 Å². The molecule has 0 bridgehead atoms. The van der Waals surface area contributed by atoms with Gasteiger partial charge in [-0.15, -0.1) is 0 Å². The molecule has 0 spiro atoms. The van der Waals surface area contributed by atoms with Gasteiger partial charge in [-0.3, -0.25) is 0 Å². The summed E-state index contributed by atoms with van der Waals surface area (Å²) >= 11 is 14.8. The van der Waals surface area contributed by atoms with E-state index in [2.05, 4.69) is 26.2 Å². The topological polar surface area (TPSA) is 24.9 Å². The molecule has 2 aromatic rings. The summed E-state index contributed by atoms with van der Waals surface area (Å²) in [7, 11) is 0. The van der Waals surface area contributed by atoms with Gasteiger partial charge in [0.25, 0.3) is 0 Å². The second kappa shape index (κ2) is 5.79. The van der Waals surface area contributed by atoms with Crippen LogP contribution in [-0.4, -0.2) is 4.98 Å². The van der Waals surface area contributed by atoms with E-state index in [1.54, 1.807) is 6.07 Å². The molecule has 1 N–H and O–H groups in total. The van der Waals surface area contributed by atoms with Crippen molar-refractivity contribution in [2.45, 2.75) is 6.18 Å². The molecule has 0 aliphatic carbocycles. The molecule has 106 valence electrons. The van der Waals surface area contributed by atoms with E-state index >= 15 is 0 Å². The van der Waals surface area contributed by atoms with Crippen molar-refractivity contribution in [3.8, 4) is 0 Å². The fourth-order valence-electron chi connectivity index (χ4n) is 1.43. The summed E-state index contributed by atoms with van der Waals surface area (Å²) < 4.78 is 38.1. The van der Waals surface area contributed by atoms with Crippen LogP contribution in [0.4, 0.5) is 24.7 Å². The molecule has 0 radical (unpaired) electrons. The maximum absolute atomic E-state index is 12.5. The van der Waals surface area contributed by atoms with Crippen molar-refractivity contribution >= 4 is 50.6 Å². The molecule has 20 heavy (non-hydrogen) atoms. The highest BCUT2D eigenvalue weighted by atomic mass is 79.9. The third-order valence-electron chi connectivity index (χ3n) is 2.36. The normalized spacial score (nSPS) is 11.5. The summed E-state index contributed by atoms with van der Waals surface area (Å²) in [5.74, 6) is 0.399. The molecular weight excluding hydrogens is 380 g/mol. The standard InChI is InChI=1S/C12H6BrCl2F3N2/c13-8-4-7(14)5-19-11(8)20-10-2-1-6(3-9(10)15)12(16,17)18/h1-5H,(H,19,20). The predicted molar refractivity (Wildman–Crippen MR) is 76.7 cm³/mol. The SMILES string of the molecule is FC(F)(F)c1ccc(Nc2ncc(Cl)cc2Br)c(Cl)c1. The Morgan fingerprint density at radius 3 is 2.40 bits per heavy atom. The van der Waals surface area contributed by atoms with E-state index in [9.17, 15) is 13.2 Å². The van der Waals surface area contributed by atoms with Crippen molar-refractivity contribution in [1.82, 2.24) is 4.98 Å². The molecule has 0 aliphatic rings. The van der Waals surface area contributed by atoms with E-state index in [1.165, 1.54) is 12.3 Å². The minimum atomic E-state index is -4.43. The van der Waals surface area contributed by atoms with E-state index < -0.39 is 11.7 Å². The highest BCUT2D eigenvalue weighted by Gasteiger charge is 2.30. The molecule has 0 saturated heterocycles. The van der Waals surface area contributed by atoms with Crippen LogP contribution in [-0.2, 0) is 6.18 Å². The molecule has 0 unspecified atom stereocenters. The zero-order valence-corrected chi connectivity index (χ0v) is 12.7. The second-order valence-corrected chi connectivity index (χ2v) is 5.50. The lowest BCUT2D eigenvalue weighted by atomic mass is 10.2. The Morgan fingerprint density at radius 2 is 1.85 bits per heavy atom. The first-order chi connectivity index (χ1) is 9.27. The van der Waals surface area contributed by atoms with Crippen LogP contribution in [0, 0.1) is 0 Å². The number of halogens is 6. The summed E-state index contributed by atoms with van der Waals surface area (Å²) in [6.07, 6.45) is -3.02. The molecule has 2 nitrogen and oxygen atoms in total. The Bertz CT molecular complexity index is 647. The van der Waals surface area contributed by atoms with E-state index in [0.29, 0.717) is 21.0 Å². The Kier molecular flexibility index (Phi) is 4.46. The number of rotatable bonds is 2. The number of nitrogens with one attached hydrogen (secondary N) is 1. The molecule has 2 rings (SSSR count). The largest absolute Gasteiger partial charge is 0.416 e. The van der Waals surface area contributed by atoms with Crippen LogP contribution >= 0.6 is 39.1 Å². The number of pyridine rings is 1. The zero-order chi connectivity index (χ0) is 14.9. The van der Waals surface area contributed by atoms with Gasteiger partial charge in [-0.25, -0.2) is 4.98 Å². The average molecular weight is 386 g/mol. The van der Waals surface area contributed by atoms with Crippen LogP contribution in [0.1, 0.15) is 5.56 Å². The molecule has 0 aliphatic heterocycles. The maximum Gasteiger partial charge on any atom is 0.416 e. The zero-order valence-electron chi connectivity index (χ0n) is 9.60. The Hall–Kier alpha value is -0.980. The fourth-order valence-corrected chi connectivity index (χ4v) is 2.39. The summed E-state index contributed by atoms with van der Waals surface area (Å²) in [5.41, 5.74) is -0.494. The molecular formula is C12H6BrCl2F3N2. The van der Waals surface area contributed by atoms with E-state index in [4.69, 9.17) is 23.2 Å². The minimum absolute atomic E-state index is 0.0523. The molecule has 1 aromatic heterocycles. The summed E-state index contributed by atoms with van der Waals surface area (Å²) in [4.78, 5) is 4.01. The quantitative estimate of drug-likeness (QED) is 0.694. The fraction of sp³-hybridized carbons (Fsp3) is 0.0833. The molecule has 0 fully saturated rings. The second-order valence-electron chi connectivity index (χ2n) is 3.80. The minimum Gasteiger partial charge on any atom is -0.338 e. The number of benzene rings is 1. The van der Waals surface area contributed by atoms with Crippen LogP contribution in [0.2, 0.25) is 10.0 Å². The lowest BCUT2D eigenvalue weighted by Crippen LogP contribution is -2.05. The Labute approximate surface area is 131 Å². The number of nitrogens with zero attached hydrogens (tertiary/aromatic N) is 1. The first kappa shape index (κ1) is 15.4. The third kappa shape index (κ3) is 3.56. The van der Waals surface area contributed by atoms with Crippen LogP contribution in [0.5, 0.6) is 0 Å². The van der Waals surface area contributed by atoms with Gasteiger partial charge in [0.15, 0.2) is 0 Å². The maximum atomic E-state index is 12.5. The van der Waals surface area contributed by atoms with Gasteiger partial charge in [-0.05, 0) is 40.2 Å². The van der Waals surface area contributed by atoms with Gasteiger partial charge in [-0.2, -0.15) is 13.2 Å². The summed E-state index contributed by atoms with van der Waals surface area (Å²) in [5, 5.41) is 3.21. The lowest BCUT2D eigenvalue weighted by Gasteiger charge is -2.12. The number of alkyl halides is 3. The van der Waals surface area contributed by atoms with Crippen LogP contribution < -0.4 is 5.32 Å². The van der Waals surface area contributed by atoms with Gasteiger partial charge in [0.2, 0.25) is 0 Å². The van der Waals surface area contributed by atoms with Gasteiger partial charge >= 0.3 is 6.18 Å². The lowest BCUT2D eigenvalue weighted by molar-refractivity contribution is -0.137. The molecule has 0 atom stereocenters. The van der Waals surface area contributed by atoms with Crippen molar-refractivity contribution in [1.29, 1.82) is 0 Å². The van der Waals surface area contributed by atoms with Gasteiger partial charge in [0, 0.05) is 6.20 Å². The first-order valence-electron chi connectivity index (χ1n) is 5.22. The van der Waals surface area contributed by atoms with E-state index in [1.807, 2.05) is 0 Å². The Morgan fingerprint density at radius 1 is 1.15 bits per heavy atom.